The average molecular weight is 456 g/mol. The maximum Gasteiger partial charge on any atom is 0.408 e. The standard InChI is InChI=1S/C24H22F2N2O5/c25-24(26)13-28(11-19(24)20(29)30)21(31)23(9-10-23)27-22(32)33-12-18-16-7-3-1-5-14(16)15-6-2-4-8-17(15)18/h1-8,18-19H,9-13H2,(H,27,32)(H,29,30). The van der Waals surface area contributed by atoms with Crippen LogP contribution in [0.2, 0.25) is 0 Å². The van der Waals surface area contributed by atoms with E-state index in [0.29, 0.717) is 0 Å². The first-order valence-electron chi connectivity index (χ1n) is 10.7. The Balaban J connectivity index is 1.24. The highest BCUT2D eigenvalue weighted by Crippen LogP contribution is 2.45. The number of alkyl halides is 2. The molecule has 2 N–H and O–H groups in total. The second-order valence-corrected chi connectivity index (χ2v) is 8.87. The topological polar surface area (TPSA) is 95.9 Å². The highest BCUT2D eigenvalue weighted by atomic mass is 19.3. The molecule has 3 aliphatic rings. The maximum atomic E-state index is 14.0. The highest BCUT2D eigenvalue weighted by molar-refractivity contribution is 5.93. The molecule has 172 valence electrons. The summed E-state index contributed by atoms with van der Waals surface area (Å²) in [6.45, 7) is -1.50. The van der Waals surface area contributed by atoms with Gasteiger partial charge in [-0.25, -0.2) is 13.6 Å². The Hall–Kier alpha value is -3.49. The van der Waals surface area contributed by atoms with Gasteiger partial charge in [0, 0.05) is 12.5 Å². The molecule has 5 rings (SSSR count). The number of carbonyl (C=O) groups is 3. The third-order valence-electron chi connectivity index (χ3n) is 6.74. The fraction of sp³-hybridized carbons (Fsp3) is 0.375. The van der Waals surface area contributed by atoms with Gasteiger partial charge in [-0.05, 0) is 35.1 Å². The minimum atomic E-state index is -3.51. The summed E-state index contributed by atoms with van der Waals surface area (Å²) < 4.78 is 33.4. The summed E-state index contributed by atoms with van der Waals surface area (Å²) in [5.74, 6) is -7.96. The Bertz CT molecular complexity index is 1100. The SMILES string of the molecule is O=C(NC1(C(=O)N2CC(C(=O)O)C(F)(F)C2)CC1)OCC1c2ccccc2-c2ccccc21. The Morgan fingerprint density at radius 2 is 1.61 bits per heavy atom. The quantitative estimate of drug-likeness (QED) is 0.720. The van der Waals surface area contributed by atoms with Crippen molar-refractivity contribution in [2.45, 2.75) is 30.2 Å². The summed E-state index contributed by atoms with van der Waals surface area (Å²) in [5.41, 5.74) is 2.94. The largest absolute Gasteiger partial charge is 0.481 e. The molecule has 0 aromatic heterocycles. The number of halogens is 2. The fourth-order valence-electron chi connectivity index (χ4n) is 4.85. The van der Waals surface area contributed by atoms with Gasteiger partial charge in [-0.1, -0.05) is 48.5 Å². The lowest BCUT2D eigenvalue weighted by Crippen LogP contribution is -2.50. The molecule has 1 aliphatic heterocycles. The van der Waals surface area contributed by atoms with Crippen molar-refractivity contribution in [2.24, 2.45) is 5.92 Å². The zero-order valence-electron chi connectivity index (χ0n) is 17.6. The van der Waals surface area contributed by atoms with Crippen LogP contribution in [0.15, 0.2) is 48.5 Å². The number of rotatable bonds is 5. The maximum absolute atomic E-state index is 14.0. The van der Waals surface area contributed by atoms with E-state index in [1.165, 1.54) is 0 Å². The zero-order valence-corrected chi connectivity index (χ0v) is 17.6. The van der Waals surface area contributed by atoms with Crippen molar-refractivity contribution in [3.8, 4) is 11.1 Å². The molecule has 1 saturated carbocycles. The van der Waals surface area contributed by atoms with E-state index in [-0.39, 0.29) is 25.4 Å². The molecule has 33 heavy (non-hydrogen) atoms. The van der Waals surface area contributed by atoms with Crippen molar-refractivity contribution >= 4 is 18.0 Å². The monoisotopic (exact) mass is 456 g/mol. The Labute approximate surface area is 188 Å². The lowest BCUT2D eigenvalue weighted by atomic mass is 9.98. The smallest absolute Gasteiger partial charge is 0.408 e. The van der Waals surface area contributed by atoms with Crippen LogP contribution in [-0.4, -0.2) is 59.1 Å². The Morgan fingerprint density at radius 1 is 1.03 bits per heavy atom. The second kappa shape index (κ2) is 7.54. The molecule has 7 nitrogen and oxygen atoms in total. The minimum absolute atomic E-state index is 0.0625. The molecule has 1 saturated heterocycles. The number of hydrogen-bond acceptors (Lipinski definition) is 4. The van der Waals surface area contributed by atoms with Gasteiger partial charge in [0.25, 0.3) is 5.92 Å². The van der Waals surface area contributed by atoms with Crippen molar-refractivity contribution in [3.05, 3.63) is 59.7 Å². The average Bonchev–Trinajstić information content (AvgIpc) is 3.38. The summed E-state index contributed by atoms with van der Waals surface area (Å²) in [6, 6.07) is 15.7. The summed E-state index contributed by atoms with van der Waals surface area (Å²) >= 11 is 0. The van der Waals surface area contributed by atoms with E-state index >= 15 is 0 Å². The van der Waals surface area contributed by atoms with E-state index in [0.717, 1.165) is 27.2 Å². The van der Waals surface area contributed by atoms with Crippen molar-refractivity contribution in [1.82, 2.24) is 10.2 Å². The molecule has 1 unspecified atom stereocenters. The van der Waals surface area contributed by atoms with Gasteiger partial charge in [-0.15, -0.1) is 0 Å². The van der Waals surface area contributed by atoms with Crippen LogP contribution < -0.4 is 5.32 Å². The predicted octanol–water partition coefficient (Wildman–Crippen LogP) is 3.24. The van der Waals surface area contributed by atoms with Gasteiger partial charge in [-0.3, -0.25) is 9.59 Å². The van der Waals surface area contributed by atoms with Crippen molar-refractivity contribution in [3.63, 3.8) is 0 Å². The lowest BCUT2D eigenvalue weighted by molar-refractivity contribution is -0.151. The van der Waals surface area contributed by atoms with Crippen LogP contribution in [0.4, 0.5) is 13.6 Å². The van der Waals surface area contributed by atoms with E-state index in [2.05, 4.69) is 5.32 Å². The number of nitrogens with one attached hydrogen (secondary N) is 1. The van der Waals surface area contributed by atoms with Crippen LogP contribution >= 0.6 is 0 Å². The summed E-state index contributed by atoms with van der Waals surface area (Å²) in [5, 5.41) is 11.6. The molecule has 2 fully saturated rings. The van der Waals surface area contributed by atoms with E-state index in [1.54, 1.807) is 0 Å². The molecule has 1 atom stereocenters. The van der Waals surface area contributed by atoms with Crippen molar-refractivity contribution in [2.75, 3.05) is 19.7 Å². The number of likely N-dealkylation sites (tertiary alicyclic amines) is 1. The van der Waals surface area contributed by atoms with Crippen LogP contribution in [-0.2, 0) is 14.3 Å². The van der Waals surface area contributed by atoms with Crippen LogP contribution in [0.25, 0.3) is 11.1 Å². The molecule has 2 aliphatic carbocycles. The molecule has 0 spiro atoms. The number of carboxylic acid groups (broad SMARTS) is 1. The van der Waals surface area contributed by atoms with E-state index in [4.69, 9.17) is 9.84 Å². The zero-order chi connectivity index (χ0) is 23.4. The predicted molar refractivity (Wildman–Crippen MR) is 113 cm³/mol. The Kier molecular flexibility index (Phi) is 4.88. The summed E-state index contributed by atoms with van der Waals surface area (Å²) in [6.07, 6.45) is -0.227. The summed E-state index contributed by atoms with van der Waals surface area (Å²) in [7, 11) is 0. The molecular weight excluding hydrogens is 434 g/mol. The van der Waals surface area contributed by atoms with Gasteiger partial charge in [0.2, 0.25) is 5.91 Å². The number of carboxylic acids is 1. The Morgan fingerprint density at radius 3 is 2.12 bits per heavy atom. The van der Waals surface area contributed by atoms with Gasteiger partial charge in [0.05, 0.1) is 6.54 Å². The molecule has 2 amide bonds. The first kappa shape index (κ1) is 21.4. The number of nitrogens with zero attached hydrogens (tertiary/aromatic N) is 1. The first-order valence-corrected chi connectivity index (χ1v) is 10.7. The first-order chi connectivity index (χ1) is 15.7. The number of ether oxygens (including phenoxy) is 1. The second-order valence-electron chi connectivity index (χ2n) is 8.87. The third kappa shape index (κ3) is 3.61. The molecule has 0 radical (unpaired) electrons. The van der Waals surface area contributed by atoms with Gasteiger partial charge in [-0.2, -0.15) is 0 Å². The van der Waals surface area contributed by atoms with Gasteiger partial charge in [0.15, 0.2) is 0 Å². The third-order valence-corrected chi connectivity index (χ3v) is 6.74. The van der Waals surface area contributed by atoms with Crippen LogP contribution in [0.5, 0.6) is 0 Å². The van der Waals surface area contributed by atoms with Crippen molar-refractivity contribution in [1.29, 1.82) is 0 Å². The molecule has 0 bridgehead atoms. The highest BCUT2D eigenvalue weighted by Gasteiger charge is 2.60. The van der Waals surface area contributed by atoms with Crippen LogP contribution in [0.1, 0.15) is 29.9 Å². The number of aliphatic carboxylic acids is 1. The van der Waals surface area contributed by atoms with E-state index in [1.807, 2.05) is 48.5 Å². The molecule has 2 aromatic rings. The molecule has 2 aromatic carbocycles. The number of carbonyl (C=O) groups excluding carboxylic acids is 2. The molecule has 1 heterocycles. The molecular formula is C24H22F2N2O5. The number of fused-ring (bicyclic) bond motifs is 3. The number of amides is 2. The minimum Gasteiger partial charge on any atom is -0.481 e. The lowest BCUT2D eigenvalue weighted by Gasteiger charge is -2.24. The number of hydrogen-bond donors (Lipinski definition) is 2. The molecule has 9 heteroatoms. The van der Waals surface area contributed by atoms with Crippen LogP contribution in [0, 0.1) is 5.92 Å². The van der Waals surface area contributed by atoms with Crippen molar-refractivity contribution < 1.29 is 33.0 Å². The fourth-order valence-corrected chi connectivity index (χ4v) is 4.85. The number of benzene rings is 2. The number of alkyl carbamates (subject to hydrolysis) is 1. The normalized spacial score (nSPS) is 21.8. The summed E-state index contributed by atoms with van der Waals surface area (Å²) in [4.78, 5) is 37.3. The van der Waals surface area contributed by atoms with Crippen LogP contribution in [0.3, 0.4) is 0 Å². The van der Waals surface area contributed by atoms with E-state index < -0.39 is 48.4 Å². The van der Waals surface area contributed by atoms with Gasteiger partial charge < -0.3 is 20.1 Å². The van der Waals surface area contributed by atoms with E-state index in [9.17, 15) is 23.2 Å². The van der Waals surface area contributed by atoms with Gasteiger partial charge in [0.1, 0.15) is 18.1 Å². The van der Waals surface area contributed by atoms with Gasteiger partial charge >= 0.3 is 12.1 Å².